The molecule has 2 aromatic rings. The Bertz CT molecular complexity index is 861. The fourth-order valence-corrected chi connectivity index (χ4v) is 4.71. The Morgan fingerprint density at radius 3 is 2.44 bits per heavy atom. The topological polar surface area (TPSA) is 78.5 Å². The van der Waals surface area contributed by atoms with Crippen LogP contribution in [0.2, 0.25) is 0 Å². The van der Waals surface area contributed by atoms with Gasteiger partial charge in [0, 0.05) is 24.7 Å². The second kappa shape index (κ2) is 8.54. The van der Waals surface area contributed by atoms with Gasteiger partial charge in [-0.25, -0.2) is 8.42 Å². The van der Waals surface area contributed by atoms with Gasteiger partial charge in [0.25, 0.3) is 15.9 Å². The van der Waals surface area contributed by atoms with Crippen molar-refractivity contribution in [1.29, 1.82) is 0 Å². The summed E-state index contributed by atoms with van der Waals surface area (Å²) >= 11 is 0. The summed E-state index contributed by atoms with van der Waals surface area (Å²) in [6.45, 7) is 3.86. The lowest BCUT2D eigenvalue weighted by atomic mass is 10.1. The highest BCUT2D eigenvalue weighted by atomic mass is 32.2. The Hall–Kier alpha value is -2.38. The van der Waals surface area contributed by atoms with Crippen LogP contribution in [-0.4, -0.2) is 40.0 Å². The van der Waals surface area contributed by atoms with Crippen LogP contribution in [0.5, 0.6) is 0 Å². The number of carbonyl (C=O) groups excluding carboxylic acids is 1. The maximum absolute atomic E-state index is 13.0. The predicted octanol–water partition coefficient (Wildman–Crippen LogP) is 2.38. The zero-order valence-corrected chi connectivity index (χ0v) is 16.2. The molecule has 6 nitrogen and oxygen atoms in total. The molecule has 0 unspecified atom stereocenters. The number of hydrogen-bond donors (Lipinski definition) is 2. The molecule has 0 spiro atoms. The molecule has 3 rings (SSSR count). The van der Waals surface area contributed by atoms with Crippen molar-refractivity contribution >= 4 is 21.6 Å². The Kier molecular flexibility index (Phi) is 6.13. The van der Waals surface area contributed by atoms with E-state index in [-0.39, 0.29) is 16.8 Å². The second-order valence-corrected chi connectivity index (χ2v) is 8.41. The van der Waals surface area contributed by atoms with Gasteiger partial charge in [0.05, 0.1) is 10.6 Å². The van der Waals surface area contributed by atoms with E-state index in [0.29, 0.717) is 17.8 Å². The van der Waals surface area contributed by atoms with E-state index in [1.807, 2.05) is 6.07 Å². The molecule has 27 heavy (non-hydrogen) atoms. The van der Waals surface area contributed by atoms with Crippen LogP contribution < -0.4 is 14.9 Å². The molecule has 1 heterocycles. The van der Waals surface area contributed by atoms with Crippen LogP contribution in [0.4, 0.5) is 5.69 Å². The van der Waals surface area contributed by atoms with Crippen molar-refractivity contribution in [2.45, 2.75) is 30.7 Å². The monoisotopic (exact) mass is 387 g/mol. The Balaban J connectivity index is 1.76. The number of hydrogen-bond acceptors (Lipinski definition) is 4. The summed E-state index contributed by atoms with van der Waals surface area (Å²) in [5, 5.41) is 6.25. The Morgan fingerprint density at radius 2 is 1.85 bits per heavy atom. The van der Waals surface area contributed by atoms with E-state index in [2.05, 4.69) is 10.6 Å². The molecular weight excluding hydrogens is 362 g/mol. The Labute approximate surface area is 160 Å². The van der Waals surface area contributed by atoms with Gasteiger partial charge in [0.1, 0.15) is 0 Å². The molecule has 1 aliphatic heterocycles. The van der Waals surface area contributed by atoms with Gasteiger partial charge in [-0.2, -0.15) is 0 Å². The molecule has 1 aliphatic rings. The van der Waals surface area contributed by atoms with Gasteiger partial charge in [-0.15, -0.1) is 0 Å². The lowest BCUT2D eigenvalue weighted by Crippen LogP contribution is -2.45. The molecule has 1 atom stereocenters. The molecule has 1 saturated heterocycles. The van der Waals surface area contributed by atoms with Gasteiger partial charge in [-0.3, -0.25) is 9.10 Å². The first kappa shape index (κ1) is 19.4. The van der Waals surface area contributed by atoms with Crippen LogP contribution in [0, 0.1) is 0 Å². The number of anilines is 1. The summed E-state index contributed by atoms with van der Waals surface area (Å²) in [6.07, 6.45) is 1.99. The largest absolute Gasteiger partial charge is 0.348 e. The summed E-state index contributed by atoms with van der Waals surface area (Å²) in [6, 6.07) is 15.2. The molecule has 0 saturated carbocycles. The van der Waals surface area contributed by atoms with Crippen molar-refractivity contribution in [3.8, 4) is 0 Å². The van der Waals surface area contributed by atoms with Crippen molar-refractivity contribution in [3.05, 3.63) is 60.2 Å². The molecule has 2 N–H and O–H groups in total. The summed E-state index contributed by atoms with van der Waals surface area (Å²) in [5.41, 5.74) is 1.08. The lowest BCUT2D eigenvalue weighted by Gasteiger charge is -2.24. The third-order valence-corrected chi connectivity index (χ3v) is 6.59. The van der Waals surface area contributed by atoms with Crippen LogP contribution in [-0.2, 0) is 10.0 Å². The first-order valence-corrected chi connectivity index (χ1v) is 10.7. The number of para-hydroxylation sites is 1. The number of benzene rings is 2. The van der Waals surface area contributed by atoms with E-state index in [0.717, 1.165) is 25.9 Å². The van der Waals surface area contributed by atoms with Crippen LogP contribution in [0.15, 0.2) is 59.5 Å². The van der Waals surface area contributed by atoms with Crippen LogP contribution in [0.25, 0.3) is 0 Å². The fourth-order valence-electron chi connectivity index (χ4n) is 3.23. The third-order valence-electron chi connectivity index (χ3n) is 4.67. The van der Waals surface area contributed by atoms with Crippen LogP contribution in [0.3, 0.4) is 0 Å². The summed E-state index contributed by atoms with van der Waals surface area (Å²) < 4.78 is 27.3. The number of sulfonamides is 1. The average Bonchev–Trinajstić information content (AvgIpc) is 2.70. The van der Waals surface area contributed by atoms with E-state index in [1.165, 1.54) is 16.4 Å². The van der Waals surface area contributed by atoms with Gasteiger partial charge >= 0.3 is 0 Å². The minimum absolute atomic E-state index is 0.114. The van der Waals surface area contributed by atoms with Gasteiger partial charge in [0.2, 0.25) is 0 Å². The molecule has 0 aliphatic carbocycles. The number of amides is 1. The molecule has 1 amide bonds. The minimum atomic E-state index is -3.68. The highest BCUT2D eigenvalue weighted by molar-refractivity contribution is 7.92. The maximum atomic E-state index is 13.0. The number of piperidine rings is 1. The normalized spacial score (nSPS) is 17.3. The highest BCUT2D eigenvalue weighted by Crippen LogP contribution is 2.23. The van der Waals surface area contributed by atoms with Crippen molar-refractivity contribution in [2.24, 2.45) is 0 Å². The van der Waals surface area contributed by atoms with Crippen molar-refractivity contribution in [2.75, 3.05) is 23.9 Å². The number of rotatable bonds is 6. The zero-order valence-electron chi connectivity index (χ0n) is 15.4. The second-order valence-electron chi connectivity index (χ2n) is 6.55. The number of carbonyl (C=O) groups is 1. The summed E-state index contributed by atoms with van der Waals surface area (Å²) in [7, 11) is -3.68. The Morgan fingerprint density at radius 1 is 1.15 bits per heavy atom. The summed E-state index contributed by atoms with van der Waals surface area (Å²) in [5.74, 6) is -0.178. The standard InChI is InChI=1S/C20H25N3O3S/c1-2-23(18-8-4-3-5-9-18)27(25,26)19-12-10-16(11-13-19)20(24)22-17-7-6-14-21-15-17/h3-5,8-13,17,21H,2,6-7,14-15H2,1H3,(H,22,24)/t17-/m0/s1. The van der Waals surface area contributed by atoms with Crippen LogP contribution >= 0.6 is 0 Å². The summed E-state index contributed by atoms with van der Waals surface area (Å²) in [4.78, 5) is 12.6. The smallest absolute Gasteiger partial charge is 0.264 e. The molecule has 0 bridgehead atoms. The first-order chi connectivity index (χ1) is 13.0. The van der Waals surface area contributed by atoms with Crippen molar-refractivity contribution in [1.82, 2.24) is 10.6 Å². The van der Waals surface area contributed by atoms with Crippen LogP contribution in [0.1, 0.15) is 30.1 Å². The minimum Gasteiger partial charge on any atom is -0.348 e. The lowest BCUT2D eigenvalue weighted by molar-refractivity contribution is 0.0930. The average molecular weight is 388 g/mol. The highest BCUT2D eigenvalue weighted by Gasteiger charge is 2.24. The van der Waals surface area contributed by atoms with Gasteiger partial charge in [-0.05, 0) is 62.7 Å². The number of nitrogens with one attached hydrogen (secondary N) is 2. The van der Waals surface area contributed by atoms with E-state index < -0.39 is 10.0 Å². The molecule has 2 aromatic carbocycles. The molecule has 0 radical (unpaired) electrons. The van der Waals surface area contributed by atoms with E-state index in [1.54, 1.807) is 43.3 Å². The van der Waals surface area contributed by atoms with E-state index in [4.69, 9.17) is 0 Å². The predicted molar refractivity (Wildman–Crippen MR) is 106 cm³/mol. The molecule has 144 valence electrons. The van der Waals surface area contributed by atoms with Gasteiger partial charge in [-0.1, -0.05) is 18.2 Å². The SMILES string of the molecule is CCN(c1ccccc1)S(=O)(=O)c1ccc(C(=O)N[C@H]2CCCNC2)cc1. The van der Waals surface area contributed by atoms with Crippen molar-refractivity contribution < 1.29 is 13.2 Å². The first-order valence-electron chi connectivity index (χ1n) is 9.22. The molecule has 1 fully saturated rings. The maximum Gasteiger partial charge on any atom is 0.264 e. The van der Waals surface area contributed by atoms with Crippen molar-refractivity contribution in [3.63, 3.8) is 0 Å². The third kappa shape index (κ3) is 4.48. The molecular formula is C20H25N3O3S. The fraction of sp³-hybridized carbons (Fsp3) is 0.350. The van der Waals surface area contributed by atoms with Gasteiger partial charge in [0.15, 0.2) is 0 Å². The number of nitrogens with zero attached hydrogens (tertiary/aromatic N) is 1. The zero-order chi connectivity index (χ0) is 19.3. The van der Waals surface area contributed by atoms with E-state index >= 15 is 0 Å². The van der Waals surface area contributed by atoms with Gasteiger partial charge < -0.3 is 10.6 Å². The van der Waals surface area contributed by atoms with E-state index in [9.17, 15) is 13.2 Å². The molecule has 7 heteroatoms. The molecule has 0 aromatic heterocycles. The quantitative estimate of drug-likeness (QED) is 0.798.